The number of hydrogen-bond acceptors (Lipinski definition) is 4. The Morgan fingerprint density at radius 1 is 1.13 bits per heavy atom. The van der Waals surface area contributed by atoms with Crippen molar-refractivity contribution >= 4 is 33.0 Å². The molecule has 0 unspecified atom stereocenters. The van der Waals surface area contributed by atoms with Gasteiger partial charge in [-0.15, -0.1) is 0 Å². The summed E-state index contributed by atoms with van der Waals surface area (Å²) in [6.07, 6.45) is -4.79. The van der Waals surface area contributed by atoms with Gasteiger partial charge in [-0.05, 0) is 60.7 Å². The van der Waals surface area contributed by atoms with Gasteiger partial charge >= 0.3 is 6.18 Å². The van der Waals surface area contributed by atoms with Crippen molar-refractivity contribution in [3.8, 4) is 16.9 Å². The Labute approximate surface area is 179 Å². The SMILES string of the molecule is CN(C(N)=S)c1ccc(-c2cc(C(F)(F)F)nn2-c2ccc(S(N)(=O)=O)cc2)c(F)c1. The van der Waals surface area contributed by atoms with E-state index in [0.29, 0.717) is 11.8 Å². The van der Waals surface area contributed by atoms with Gasteiger partial charge in [-0.2, -0.15) is 18.3 Å². The molecule has 0 spiro atoms. The molecule has 0 aliphatic rings. The Hall–Kier alpha value is -3.03. The molecule has 3 aromatic rings. The molecule has 1 heterocycles. The van der Waals surface area contributed by atoms with Crippen LogP contribution < -0.4 is 15.8 Å². The molecule has 13 heteroatoms. The average Bonchev–Trinajstić information content (AvgIpc) is 3.12. The van der Waals surface area contributed by atoms with Gasteiger partial charge in [0, 0.05) is 18.3 Å². The highest BCUT2D eigenvalue weighted by Gasteiger charge is 2.35. The van der Waals surface area contributed by atoms with E-state index in [1.54, 1.807) is 0 Å². The van der Waals surface area contributed by atoms with Crippen LogP contribution >= 0.6 is 12.2 Å². The third-order valence-corrected chi connectivity index (χ3v) is 5.56. The fourth-order valence-electron chi connectivity index (χ4n) is 2.73. The molecule has 0 amide bonds. The number of sulfonamides is 1. The van der Waals surface area contributed by atoms with Crippen LogP contribution in [0.3, 0.4) is 0 Å². The first-order chi connectivity index (χ1) is 14.3. The van der Waals surface area contributed by atoms with Gasteiger partial charge < -0.3 is 10.6 Å². The number of anilines is 1. The fourth-order valence-corrected chi connectivity index (χ4v) is 3.35. The third-order valence-electron chi connectivity index (χ3n) is 4.36. The maximum Gasteiger partial charge on any atom is 0.435 e. The van der Waals surface area contributed by atoms with Crippen LogP contribution in [0.15, 0.2) is 53.4 Å². The summed E-state index contributed by atoms with van der Waals surface area (Å²) in [7, 11) is -2.49. The van der Waals surface area contributed by atoms with Crippen LogP contribution in [0.1, 0.15) is 5.69 Å². The zero-order valence-corrected chi connectivity index (χ0v) is 17.4. The second-order valence-corrected chi connectivity index (χ2v) is 8.40. The lowest BCUT2D eigenvalue weighted by molar-refractivity contribution is -0.141. The Bertz CT molecular complexity index is 1250. The van der Waals surface area contributed by atoms with Gasteiger partial charge in [0.05, 0.1) is 16.3 Å². The topological polar surface area (TPSA) is 107 Å². The minimum Gasteiger partial charge on any atom is -0.376 e. The molecule has 0 fully saturated rings. The average molecular weight is 473 g/mol. The summed E-state index contributed by atoms with van der Waals surface area (Å²) in [5.74, 6) is -0.836. The number of rotatable bonds is 4. The van der Waals surface area contributed by atoms with Gasteiger partial charge in [0.1, 0.15) is 5.82 Å². The number of nitrogens with two attached hydrogens (primary N) is 2. The van der Waals surface area contributed by atoms with E-state index < -0.39 is 27.7 Å². The van der Waals surface area contributed by atoms with Crippen molar-refractivity contribution in [3.05, 3.63) is 60.0 Å². The lowest BCUT2D eigenvalue weighted by atomic mass is 10.1. The van der Waals surface area contributed by atoms with E-state index in [0.717, 1.165) is 22.9 Å². The van der Waals surface area contributed by atoms with Crippen molar-refractivity contribution in [2.45, 2.75) is 11.1 Å². The summed E-state index contributed by atoms with van der Waals surface area (Å²) in [5, 5.41) is 8.55. The van der Waals surface area contributed by atoms with Gasteiger partial charge in [-0.1, -0.05) is 0 Å². The van der Waals surface area contributed by atoms with Crippen LogP contribution in [-0.4, -0.2) is 30.4 Å². The summed E-state index contributed by atoms with van der Waals surface area (Å²) in [5.41, 5.74) is 4.26. The molecule has 31 heavy (non-hydrogen) atoms. The lowest BCUT2D eigenvalue weighted by Crippen LogP contribution is -2.31. The highest BCUT2D eigenvalue weighted by molar-refractivity contribution is 7.89. The van der Waals surface area contributed by atoms with Crippen LogP contribution in [0, 0.1) is 5.82 Å². The number of thiocarbonyl (C=S) groups is 1. The largest absolute Gasteiger partial charge is 0.435 e. The molecule has 0 atom stereocenters. The molecular formula is C18H15F4N5O2S2. The molecule has 2 aromatic carbocycles. The summed E-state index contributed by atoms with van der Waals surface area (Å²) >= 11 is 4.83. The molecule has 0 saturated carbocycles. The Balaban J connectivity index is 2.17. The van der Waals surface area contributed by atoms with Crippen molar-refractivity contribution < 1.29 is 26.0 Å². The van der Waals surface area contributed by atoms with E-state index >= 15 is 0 Å². The quantitative estimate of drug-likeness (QED) is 0.446. The molecule has 4 N–H and O–H groups in total. The van der Waals surface area contributed by atoms with Gasteiger partial charge in [-0.25, -0.2) is 22.6 Å². The van der Waals surface area contributed by atoms with Crippen molar-refractivity contribution in [3.63, 3.8) is 0 Å². The molecule has 0 saturated heterocycles. The van der Waals surface area contributed by atoms with Crippen molar-refractivity contribution in [1.82, 2.24) is 9.78 Å². The molecule has 0 aliphatic carbocycles. The zero-order valence-electron chi connectivity index (χ0n) is 15.8. The summed E-state index contributed by atoms with van der Waals surface area (Å²) in [6.45, 7) is 0. The van der Waals surface area contributed by atoms with Crippen LogP contribution in [0.5, 0.6) is 0 Å². The highest BCUT2D eigenvalue weighted by atomic mass is 32.2. The van der Waals surface area contributed by atoms with Gasteiger partial charge in [-0.3, -0.25) is 0 Å². The fraction of sp³-hybridized carbons (Fsp3) is 0.111. The maximum absolute atomic E-state index is 14.9. The van der Waals surface area contributed by atoms with Crippen molar-refractivity contribution in [2.75, 3.05) is 11.9 Å². The monoisotopic (exact) mass is 473 g/mol. The van der Waals surface area contributed by atoms with E-state index in [-0.39, 0.29) is 27.0 Å². The summed E-state index contributed by atoms with van der Waals surface area (Å²) < 4.78 is 78.4. The Morgan fingerprint density at radius 2 is 1.74 bits per heavy atom. The number of alkyl halides is 3. The second kappa shape index (κ2) is 7.90. The molecule has 0 bridgehead atoms. The summed E-state index contributed by atoms with van der Waals surface area (Å²) in [6, 6.07) is 9.12. The standard InChI is InChI=1S/C18H15F4N5O2S2/c1-26(17(23)30)11-4-7-13(14(19)8-11)15-9-16(18(20,21)22)25-27(15)10-2-5-12(6-3-10)31(24,28)29/h2-9H,1H3,(H2,23,30)(H2,24,28,29). The molecule has 1 aromatic heterocycles. The van der Waals surface area contributed by atoms with E-state index in [1.807, 2.05) is 0 Å². The van der Waals surface area contributed by atoms with Crippen molar-refractivity contribution in [1.29, 1.82) is 0 Å². The molecule has 7 nitrogen and oxygen atoms in total. The normalized spacial score (nSPS) is 12.1. The van der Waals surface area contributed by atoms with Crippen molar-refractivity contribution in [2.24, 2.45) is 10.9 Å². The number of halogens is 4. The lowest BCUT2D eigenvalue weighted by Gasteiger charge is -2.18. The number of hydrogen-bond donors (Lipinski definition) is 2. The first-order valence-corrected chi connectivity index (χ1v) is 10.4. The smallest absolute Gasteiger partial charge is 0.376 e. The molecule has 3 rings (SSSR count). The number of aromatic nitrogens is 2. The number of nitrogens with zero attached hydrogens (tertiary/aromatic N) is 3. The second-order valence-electron chi connectivity index (χ2n) is 6.42. The molecular weight excluding hydrogens is 458 g/mol. The zero-order chi connectivity index (χ0) is 23.1. The number of primary sulfonamides is 1. The van der Waals surface area contributed by atoms with Gasteiger partial charge in [0.2, 0.25) is 10.0 Å². The van der Waals surface area contributed by atoms with E-state index in [2.05, 4.69) is 5.10 Å². The maximum atomic E-state index is 14.9. The van der Waals surface area contributed by atoms with E-state index in [1.165, 1.54) is 36.2 Å². The first-order valence-electron chi connectivity index (χ1n) is 8.42. The minimum absolute atomic E-state index is 0.0218. The first kappa shape index (κ1) is 22.7. The van der Waals surface area contributed by atoms with E-state index in [4.69, 9.17) is 23.1 Å². The summed E-state index contributed by atoms with van der Waals surface area (Å²) in [4.78, 5) is 1.09. The molecule has 164 valence electrons. The van der Waals surface area contributed by atoms with Crippen LogP contribution in [0.2, 0.25) is 0 Å². The molecule has 0 aliphatic heterocycles. The molecule has 0 radical (unpaired) electrons. The Morgan fingerprint density at radius 3 is 2.23 bits per heavy atom. The highest BCUT2D eigenvalue weighted by Crippen LogP contribution is 2.35. The van der Waals surface area contributed by atoms with Crippen LogP contribution in [0.4, 0.5) is 23.2 Å². The van der Waals surface area contributed by atoms with Crippen LogP contribution in [0.25, 0.3) is 16.9 Å². The third kappa shape index (κ3) is 4.68. The predicted octanol–water partition coefficient (Wildman–Crippen LogP) is 3.02. The van der Waals surface area contributed by atoms with Gasteiger partial charge in [0.25, 0.3) is 0 Å². The number of benzene rings is 2. The predicted molar refractivity (Wildman–Crippen MR) is 111 cm³/mol. The van der Waals surface area contributed by atoms with E-state index in [9.17, 15) is 26.0 Å². The van der Waals surface area contributed by atoms with Crippen LogP contribution in [-0.2, 0) is 16.2 Å². The Kier molecular flexibility index (Phi) is 5.78. The van der Waals surface area contributed by atoms with Gasteiger partial charge in [0.15, 0.2) is 10.8 Å². The minimum atomic E-state index is -4.79.